The fraction of sp³-hybridized carbons (Fsp3) is 0.250. The van der Waals surface area contributed by atoms with Crippen molar-refractivity contribution in [1.82, 2.24) is 19.7 Å². The minimum Gasteiger partial charge on any atom is -0.300 e. The van der Waals surface area contributed by atoms with Crippen LogP contribution in [0.15, 0.2) is 53.7 Å². The molecule has 2 aromatic carbocycles. The normalized spacial score (nSPS) is 12.4. The van der Waals surface area contributed by atoms with Crippen molar-refractivity contribution >= 4 is 29.1 Å². The number of carbonyl (C=O) groups is 1. The molecule has 0 saturated heterocycles. The third-order valence-corrected chi connectivity index (χ3v) is 5.57. The molecule has 8 heteroatoms. The molecule has 0 amide bonds. The van der Waals surface area contributed by atoms with E-state index < -0.39 is 0 Å². The number of hydrogen-bond acceptors (Lipinski definition) is 5. The maximum Gasteiger partial charge on any atom is 0.196 e. The van der Waals surface area contributed by atoms with Crippen LogP contribution in [0.5, 0.6) is 0 Å². The first-order valence-corrected chi connectivity index (χ1v) is 10.0. The van der Waals surface area contributed by atoms with Crippen molar-refractivity contribution in [2.45, 2.75) is 18.1 Å². The van der Waals surface area contributed by atoms with Gasteiger partial charge in [-0.15, -0.1) is 10.2 Å². The highest BCUT2D eigenvalue weighted by Gasteiger charge is 2.21. The molecule has 3 aromatic rings. The number of rotatable bonds is 7. The van der Waals surface area contributed by atoms with Crippen LogP contribution in [0.1, 0.15) is 29.1 Å². The van der Waals surface area contributed by atoms with Gasteiger partial charge in [0.25, 0.3) is 0 Å². The lowest BCUT2D eigenvalue weighted by Gasteiger charge is -2.20. The number of ketones is 1. The third kappa shape index (κ3) is 4.60. The quantitative estimate of drug-likeness (QED) is 0.412. The van der Waals surface area contributed by atoms with E-state index in [0.29, 0.717) is 15.7 Å². The Bertz CT molecular complexity index is 957. The summed E-state index contributed by atoms with van der Waals surface area (Å²) in [6.45, 7) is 2.04. The van der Waals surface area contributed by atoms with Gasteiger partial charge in [-0.3, -0.25) is 14.3 Å². The number of Topliss-reactive ketones (excluding diaryl/α,β-unsaturated/α-hetero) is 1. The molecule has 0 saturated carbocycles. The van der Waals surface area contributed by atoms with Gasteiger partial charge in [0.2, 0.25) is 0 Å². The molecule has 0 spiro atoms. The van der Waals surface area contributed by atoms with Gasteiger partial charge in [0, 0.05) is 16.3 Å². The van der Waals surface area contributed by atoms with Crippen molar-refractivity contribution < 1.29 is 9.18 Å². The fourth-order valence-electron chi connectivity index (χ4n) is 2.56. The molecule has 3 rings (SSSR count). The molecule has 0 aliphatic carbocycles. The van der Waals surface area contributed by atoms with Crippen LogP contribution in [-0.4, -0.2) is 45.3 Å². The molecule has 146 valence electrons. The molecule has 0 bridgehead atoms. The minimum atomic E-state index is -0.367. The molecule has 0 radical (unpaired) electrons. The zero-order valence-electron chi connectivity index (χ0n) is 15.8. The highest BCUT2D eigenvalue weighted by Crippen LogP contribution is 2.28. The summed E-state index contributed by atoms with van der Waals surface area (Å²) in [7, 11) is 3.94. The Hall–Kier alpha value is -2.22. The maximum atomic E-state index is 13.1. The Morgan fingerprint density at radius 2 is 1.79 bits per heavy atom. The Morgan fingerprint density at radius 3 is 2.39 bits per heavy atom. The molecule has 0 aliphatic rings. The Morgan fingerprint density at radius 1 is 1.14 bits per heavy atom. The highest BCUT2D eigenvalue weighted by atomic mass is 35.5. The van der Waals surface area contributed by atoms with E-state index in [2.05, 4.69) is 10.2 Å². The number of hydrogen-bond donors (Lipinski definition) is 0. The van der Waals surface area contributed by atoms with Gasteiger partial charge in [-0.05, 0) is 69.6 Å². The number of nitrogens with zero attached hydrogens (tertiary/aromatic N) is 4. The van der Waals surface area contributed by atoms with Crippen LogP contribution in [0.3, 0.4) is 0 Å². The molecule has 0 N–H and O–H groups in total. The van der Waals surface area contributed by atoms with E-state index >= 15 is 0 Å². The maximum absolute atomic E-state index is 13.1. The van der Waals surface area contributed by atoms with Gasteiger partial charge in [-0.25, -0.2) is 4.39 Å². The van der Waals surface area contributed by atoms with Gasteiger partial charge in [0.05, 0.1) is 11.8 Å². The summed E-state index contributed by atoms with van der Waals surface area (Å²) in [6, 6.07) is 13.0. The second-order valence-electron chi connectivity index (χ2n) is 6.51. The van der Waals surface area contributed by atoms with E-state index in [-0.39, 0.29) is 23.4 Å². The first-order chi connectivity index (χ1) is 13.4. The van der Waals surface area contributed by atoms with E-state index in [4.69, 9.17) is 11.6 Å². The number of halogens is 2. The smallest absolute Gasteiger partial charge is 0.196 e. The SMILES string of the molecule is C[C@H](c1nnc(SCC(=O)c2ccc(F)cc2)n1-c1ccc(Cl)cc1)N(C)C. The fourth-order valence-corrected chi connectivity index (χ4v) is 3.54. The molecule has 1 atom stereocenters. The number of carbonyl (C=O) groups excluding carboxylic acids is 1. The lowest BCUT2D eigenvalue weighted by molar-refractivity contribution is 0.102. The average Bonchev–Trinajstić information content (AvgIpc) is 3.10. The van der Waals surface area contributed by atoms with Crippen molar-refractivity contribution in [3.63, 3.8) is 0 Å². The summed E-state index contributed by atoms with van der Waals surface area (Å²) < 4.78 is 15.0. The average molecular weight is 419 g/mol. The second-order valence-corrected chi connectivity index (χ2v) is 7.89. The molecule has 28 heavy (non-hydrogen) atoms. The topological polar surface area (TPSA) is 51.0 Å². The summed E-state index contributed by atoms with van der Waals surface area (Å²) in [5.41, 5.74) is 1.34. The number of benzene rings is 2. The second kappa shape index (κ2) is 8.86. The Kier molecular flexibility index (Phi) is 6.49. The Labute approximate surface area is 172 Å². The molecule has 1 aromatic heterocycles. The van der Waals surface area contributed by atoms with Crippen molar-refractivity contribution in [3.8, 4) is 5.69 Å². The van der Waals surface area contributed by atoms with Crippen LogP contribution in [-0.2, 0) is 0 Å². The summed E-state index contributed by atoms with van der Waals surface area (Å²) in [6.07, 6.45) is 0. The Balaban J connectivity index is 1.89. The first kappa shape index (κ1) is 20.5. The third-order valence-electron chi connectivity index (χ3n) is 4.39. The summed E-state index contributed by atoms with van der Waals surface area (Å²) in [5.74, 6) is 0.476. The number of thioether (sulfide) groups is 1. The predicted molar refractivity (Wildman–Crippen MR) is 110 cm³/mol. The van der Waals surface area contributed by atoms with Gasteiger partial charge in [-0.1, -0.05) is 23.4 Å². The van der Waals surface area contributed by atoms with Crippen LogP contribution in [0, 0.1) is 5.82 Å². The first-order valence-electron chi connectivity index (χ1n) is 8.66. The standard InChI is InChI=1S/C20H20ClFN4OS/c1-13(25(2)3)19-23-24-20(26(19)17-10-6-15(21)7-11-17)28-12-18(27)14-4-8-16(22)9-5-14/h4-11,13H,12H2,1-3H3/t13-/m1/s1. The van der Waals surface area contributed by atoms with Gasteiger partial charge in [-0.2, -0.15) is 0 Å². The summed E-state index contributed by atoms with van der Waals surface area (Å²) in [4.78, 5) is 14.5. The molecule has 1 heterocycles. The number of aromatic nitrogens is 3. The molecular weight excluding hydrogens is 399 g/mol. The minimum absolute atomic E-state index is 0.0188. The molecule has 0 unspecified atom stereocenters. The largest absolute Gasteiger partial charge is 0.300 e. The van der Waals surface area contributed by atoms with Crippen molar-refractivity contribution in [1.29, 1.82) is 0 Å². The van der Waals surface area contributed by atoms with Gasteiger partial charge in [0.15, 0.2) is 16.8 Å². The van der Waals surface area contributed by atoms with E-state index in [0.717, 1.165) is 11.5 Å². The molecular formula is C20H20ClFN4OS. The summed E-state index contributed by atoms with van der Waals surface area (Å²) >= 11 is 7.32. The monoisotopic (exact) mass is 418 g/mol. The van der Waals surface area contributed by atoms with E-state index in [1.807, 2.05) is 42.6 Å². The molecule has 0 fully saturated rings. The highest BCUT2D eigenvalue weighted by molar-refractivity contribution is 7.99. The zero-order valence-corrected chi connectivity index (χ0v) is 17.3. The van der Waals surface area contributed by atoms with Crippen molar-refractivity contribution in [2.24, 2.45) is 0 Å². The zero-order chi connectivity index (χ0) is 20.3. The van der Waals surface area contributed by atoms with E-state index in [1.54, 1.807) is 12.1 Å². The van der Waals surface area contributed by atoms with Crippen LogP contribution < -0.4 is 0 Å². The molecule has 0 aliphatic heterocycles. The van der Waals surface area contributed by atoms with E-state index in [9.17, 15) is 9.18 Å². The lowest BCUT2D eigenvalue weighted by atomic mass is 10.1. The van der Waals surface area contributed by atoms with Crippen LogP contribution in [0.4, 0.5) is 4.39 Å². The van der Waals surface area contributed by atoms with Gasteiger partial charge >= 0.3 is 0 Å². The lowest BCUT2D eigenvalue weighted by Crippen LogP contribution is -2.20. The van der Waals surface area contributed by atoms with Gasteiger partial charge in [0.1, 0.15) is 5.82 Å². The van der Waals surface area contributed by atoms with E-state index in [1.165, 1.54) is 36.0 Å². The van der Waals surface area contributed by atoms with Crippen LogP contribution >= 0.6 is 23.4 Å². The van der Waals surface area contributed by atoms with Crippen LogP contribution in [0.25, 0.3) is 5.69 Å². The van der Waals surface area contributed by atoms with Gasteiger partial charge < -0.3 is 0 Å². The predicted octanol–water partition coefficient (Wildman–Crippen LogP) is 4.66. The van der Waals surface area contributed by atoms with Crippen LogP contribution in [0.2, 0.25) is 5.02 Å². The van der Waals surface area contributed by atoms with Crippen molar-refractivity contribution in [2.75, 3.05) is 19.8 Å². The van der Waals surface area contributed by atoms with Crippen molar-refractivity contribution in [3.05, 3.63) is 70.8 Å². The summed E-state index contributed by atoms with van der Waals surface area (Å²) in [5, 5.41) is 9.91. The molecule has 5 nitrogen and oxygen atoms in total.